The van der Waals surface area contributed by atoms with E-state index in [-0.39, 0.29) is 0 Å². The molecule has 0 amide bonds. The molecule has 118 valence electrons. The Morgan fingerprint density at radius 2 is 1.76 bits per heavy atom. The molecular weight excluding hydrogens is 394 g/mol. The third-order valence-electron chi connectivity index (χ3n) is 3.78. The molecule has 1 aliphatic carbocycles. The van der Waals surface area contributed by atoms with E-state index in [9.17, 15) is 0 Å². The van der Waals surface area contributed by atoms with Gasteiger partial charge in [-0.1, -0.05) is 20.3 Å². The van der Waals surface area contributed by atoms with Gasteiger partial charge in [0.05, 0.1) is 15.0 Å². The molecule has 2 nitrogen and oxygen atoms in total. The Balaban J connectivity index is 1.99. The molecular formula is C17H25Br2NO. The number of ether oxygens (including phenoxy) is 1. The SMILES string of the molecule is CC(C)CNCc1cc(Br)c(OC2CCCCC2)c(Br)c1. The maximum Gasteiger partial charge on any atom is 0.148 e. The van der Waals surface area contributed by atoms with E-state index < -0.39 is 0 Å². The van der Waals surface area contributed by atoms with Gasteiger partial charge in [-0.15, -0.1) is 0 Å². The molecule has 1 fully saturated rings. The highest BCUT2D eigenvalue weighted by atomic mass is 79.9. The molecule has 0 bridgehead atoms. The summed E-state index contributed by atoms with van der Waals surface area (Å²) in [4.78, 5) is 0. The lowest BCUT2D eigenvalue weighted by molar-refractivity contribution is 0.153. The molecule has 21 heavy (non-hydrogen) atoms. The average Bonchev–Trinajstić information content (AvgIpc) is 2.44. The van der Waals surface area contributed by atoms with Gasteiger partial charge in [0, 0.05) is 6.54 Å². The van der Waals surface area contributed by atoms with Crippen LogP contribution in [0.3, 0.4) is 0 Å². The van der Waals surface area contributed by atoms with E-state index in [2.05, 4.69) is 63.2 Å². The average molecular weight is 419 g/mol. The molecule has 0 atom stereocenters. The van der Waals surface area contributed by atoms with Gasteiger partial charge in [-0.2, -0.15) is 0 Å². The maximum atomic E-state index is 6.20. The molecule has 4 heteroatoms. The first kappa shape index (κ1) is 17.3. The predicted molar refractivity (Wildman–Crippen MR) is 95.9 cm³/mol. The highest BCUT2D eigenvalue weighted by Crippen LogP contribution is 2.37. The van der Waals surface area contributed by atoms with Crippen LogP contribution >= 0.6 is 31.9 Å². The molecule has 1 saturated carbocycles. The first-order valence-electron chi connectivity index (χ1n) is 7.91. The van der Waals surface area contributed by atoms with Crippen LogP contribution in [0.2, 0.25) is 0 Å². The molecule has 1 aliphatic rings. The fourth-order valence-corrected chi connectivity index (χ4v) is 4.15. The zero-order valence-corrected chi connectivity index (χ0v) is 16.1. The fourth-order valence-electron chi connectivity index (χ4n) is 2.68. The second-order valence-electron chi connectivity index (χ2n) is 6.29. The topological polar surface area (TPSA) is 21.3 Å². The van der Waals surface area contributed by atoms with Gasteiger partial charge < -0.3 is 10.1 Å². The summed E-state index contributed by atoms with van der Waals surface area (Å²) in [6.45, 7) is 6.37. The van der Waals surface area contributed by atoms with E-state index in [4.69, 9.17) is 4.74 Å². The Bertz CT molecular complexity index is 433. The monoisotopic (exact) mass is 417 g/mol. The van der Waals surface area contributed by atoms with Crippen molar-refractivity contribution < 1.29 is 4.74 Å². The van der Waals surface area contributed by atoms with E-state index >= 15 is 0 Å². The standard InChI is InChI=1S/C17H25Br2NO/c1-12(2)10-20-11-13-8-15(18)17(16(19)9-13)21-14-6-4-3-5-7-14/h8-9,12,14,20H,3-7,10-11H2,1-2H3. The lowest BCUT2D eigenvalue weighted by Gasteiger charge is -2.24. The van der Waals surface area contributed by atoms with E-state index in [1.807, 2.05) is 0 Å². The molecule has 1 aromatic carbocycles. The lowest BCUT2D eigenvalue weighted by atomic mass is 9.98. The quantitative estimate of drug-likeness (QED) is 0.642. The lowest BCUT2D eigenvalue weighted by Crippen LogP contribution is -2.20. The smallest absolute Gasteiger partial charge is 0.148 e. The number of rotatable bonds is 6. The van der Waals surface area contributed by atoms with Gasteiger partial charge in [0.15, 0.2) is 0 Å². The molecule has 0 saturated heterocycles. The van der Waals surface area contributed by atoms with Crippen LogP contribution in [-0.4, -0.2) is 12.6 Å². The third-order valence-corrected chi connectivity index (χ3v) is 4.95. The summed E-state index contributed by atoms with van der Waals surface area (Å²) >= 11 is 7.33. The summed E-state index contributed by atoms with van der Waals surface area (Å²) in [5.74, 6) is 1.63. The van der Waals surface area contributed by atoms with Gasteiger partial charge in [-0.05, 0) is 87.7 Å². The number of halogens is 2. The molecule has 1 N–H and O–H groups in total. The molecule has 0 heterocycles. The van der Waals surface area contributed by atoms with E-state index in [0.29, 0.717) is 12.0 Å². The first-order chi connectivity index (χ1) is 10.1. The molecule has 0 spiro atoms. The Morgan fingerprint density at radius 3 is 2.33 bits per heavy atom. The number of benzene rings is 1. The van der Waals surface area contributed by atoms with Gasteiger partial charge in [-0.25, -0.2) is 0 Å². The summed E-state index contributed by atoms with van der Waals surface area (Å²) in [7, 11) is 0. The van der Waals surface area contributed by atoms with Crippen molar-refractivity contribution in [2.45, 2.75) is 58.6 Å². The van der Waals surface area contributed by atoms with Crippen LogP contribution < -0.4 is 10.1 Å². The van der Waals surface area contributed by atoms with Gasteiger partial charge in [0.25, 0.3) is 0 Å². The van der Waals surface area contributed by atoms with Crippen LogP contribution in [0.4, 0.5) is 0 Å². The maximum absolute atomic E-state index is 6.20. The molecule has 0 radical (unpaired) electrons. The van der Waals surface area contributed by atoms with Crippen molar-refractivity contribution in [1.82, 2.24) is 5.32 Å². The van der Waals surface area contributed by atoms with Gasteiger partial charge >= 0.3 is 0 Å². The van der Waals surface area contributed by atoms with Crippen LogP contribution in [-0.2, 0) is 6.54 Å². The minimum absolute atomic E-state index is 0.372. The minimum Gasteiger partial charge on any atom is -0.488 e. The van der Waals surface area contributed by atoms with Crippen LogP contribution in [0.5, 0.6) is 5.75 Å². The van der Waals surface area contributed by atoms with Crippen molar-refractivity contribution in [1.29, 1.82) is 0 Å². The predicted octanol–water partition coefficient (Wildman–Crippen LogP) is 5.67. The van der Waals surface area contributed by atoms with Crippen molar-refractivity contribution in [2.24, 2.45) is 5.92 Å². The van der Waals surface area contributed by atoms with Crippen LogP contribution in [0.15, 0.2) is 21.1 Å². The fraction of sp³-hybridized carbons (Fsp3) is 0.647. The van der Waals surface area contributed by atoms with E-state index in [1.54, 1.807) is 0 Å². The summed E-state index contributed by atoms with van der Waals surface area (Å²) in [5, 5.41) is 3.47. The van der Waals surface area contributed by atoms with Gasteiger partial charge in [-0.3, -0.25) is 0 Å². The second kappa shape index (κ2) is 8.54. The number of hydrogen-bond acceptors (Lipinski definition) is 2. The highest BCUT2D eigenvalue weighted by Gasteiger charge is 2.18. The Labute approximate surface area is 145 Å². The molecule has 0 aliphatic heterocycles. The largest absolute Gasteiger partial charge is 0.488 e. The highest BCUT2D eigenvalue weighted by molar-refractivity contribution is 9.11. The molecule has 1 aromatic rings. The van der Waals surface area contributed by atoms with Crippen molar-refractivity contribution in [2.75, 3.05) is 6.54 Å². The third kappa shape index (κ3) is 5.57. The molecule has 0 unspecified atom stereocenters. The Kier molecular flexibility index (Phi) is 7.03. The first-order valence-corrected chi connectivity index (χ1v) is 9.50. The summed E-state index contributed by atoms with van der Waals surface area (Å²) in [6, 6.07) is 4.33. The van der Waals surface area contributed by atoms with Gasteiger partial charge in [0.2, 0.25) is 0 Å². The number of hydrogen-bond donors (Lipinski definition) is 1. The molecule has 2 rings (SSSR count). The second-order valence-corrected chi connectivity index (χ2v) is 8.00. The van der Waals surface area contributed by atoms with Gasteiger partial charge in [0.1, 0.15) is 5.75 Å². The van der Waals surface area contributed by atoms with Crippen LogP contribution in [0.1, 0.15) is 51.5 Å². The van der Waals surface area contributed by atoms with Crippen molar-refractivity contribution in [3.05, 3.63) is 26.6 Å². The Morgan fingerprint density at radius 1 is 1.14 bits per heavy atom. The van der Waals surface area contributed by atoms with Crippen LogP contribution in [0, 0.1) is 5.92 Å². The normalized spacial score (nSPS) is 16.4. The zero-order valence-electron chi connectivity index (χ0n) is 12.9. The molecule has 0 aromatic heterocycles. The van der Waals surface area contributed by atoms with Crippen molar-refractivity contribution in [3.8, 4) is 5.75 Å². The zero-order chi connectivity index (χ0) is 15.2. The van der Waals surface area contributed by atoms with Crippen molar-refractivity contribution in [3.63, 3.8) is 0 Å². The van der Waals surface area contributed by atoms with E-state index in [1.165, 1.54) is 37.7 Å². The number of nitrogens with one attached hydrogen (secondary N) is 1. The summed E-state index contributed by atoms with van der Waals surface area (Å²) in [5.41, 5.74) is 1.27. The van der Waals surface area contributed by atoms with E-state index in [0.717, 1.165) is 27.8 Å². The van der Waals surface area contributed by atoms with Crippen molar-refractivity contribution >= 4 is 31.9 Å². The Hall–Kier alpha value is -0.0600. The minimum atomic E-state index is 0.372. The summed E-state index contributed by atoms with van der Waals surface area (Å²) in [6.07, 6.45) is 6.65. The van der Waals surface area contributed by atoms with Crippen LogP contribution in [0.25, 0.3) is 0 Å². The summed E-state index contributed by atoms with van der Waals surface area (Å²) < 4.78 is 8.29.